The van der Waals surface area contributed by atoms with E-state index in [2.05, 4.69) is 10.2 Å². The minimum atomic E-state index is -1.09. The van der Waals surface area contributed by atoms with Crippen LogP contribution >= 0.6 is 0 Å². The second kappa shape index (κ2) is 6.41. The van der Waals surface area contributed by atoms with Gasteiger partial charge in [-0.25, -0.2) is 4.79 Å². The van der Waals surface area contributed by atoms with Crippen LogP contribution in [0, 0.1) is 5.92 Å². The van der Waals surface area contributed by atoms with Crippen molar-refractivity contribution < 1.29 is 20.1 Å². The summed E-state index contributed by atoms with van der Waals surface area (Å²) in [6, 6.07) is -0.880. The lowest BCUT2D eigenvalue weighted by atomic mass is 9.81. The van der Waals surface area contributed by atoms with Crippen LogP contribution in [0.15, 0.2) is 81.3 Å². The number of hydrogen-bond acceptors (Lipinski definition) is 5. The van der Waals surface area contributed by atoms with Crippen molar-refractivity contribution in [1.29, 1.82) is 0 Å². The van der Waals surface area contributed by atoms with Crippen molar-refractivity contribution in [1.82, 2.24) is 0 Å². The van der Waals surface area contributed by atoms with Gasteiger partial charge in [-0.05, 0) is 42.4 Å². The quantitative estimate of drug-likeness (QED) is 0.694. The molecule has 0 spiro atoms. The molecule has 0 aliphatic heterocycles. The first-order chi connectivity index (χ1) is 11.5. The molecule has 4 unspecified atom stereocenters. The van der Waals surface area contributed by atoms with E-state index in [-0.39, 0.29) is 23.3 Å². The predicted molar refractivity (Wildman–Crippen MR) is 88.5 cm³/mol. The summed E-state index contributed by atoms with van der Waals surface area (Å²) in [6.45, 7) is 1.94. The maximum atomic E-state index is 10.9. The van der Waals surface area contributed by atoms with Crippen molar-refractivity contribution in [3.8, 4) is 0 Å². The van der Waals surface area contributed by atoms with Gasteiger partial charge in [0.2, 0.25) is 0 Å². The van der Waals surface area contributed by atoms with Gasteiger partial charge in [-0.2, -0.15) is 10.2 Å². The second-order valence-electron chi connectivity index (χ2n) is 5.97. The molecule has 124 valence electrons. The van der Waals surface area contributed by atoms with Crippen molar-refractivity contribution in [3.05, 3.63) is 71.1 Å². The number of aliphatic carboxylic acids is 1. The van der Waals surface area contributed by atoms with Gasteiger partial charge in [0.1, 0.15) is 23.9 Å². The third-order valence-electron chi connectivity index (χ3n) is 4.27. The van der Waals surface area contributed by atoms with Crippen molar-refractivity contribution in [2.45, 2.75) is 25.1 Å². The Kier molecular flexibility index (Phi) is 4.31. The van der Waals surface area contributed by atoms with Crippen molar-refractivity contribution in [2.75, 3.05) is 0 Å². The van der Waals surface area contributed by atoms with E-state index in [1.165, 1.54) is 18.2 Å². The number of carbonyl (C=O) groups is 1. The molecule has 4 atom stereocenters. The lowest BCUT2D eigenvalue weighted by Crippen LogP contribution is -2.27. The summed E-state index contributed by atoms with van der Waals surface area (Å²) in [5.41, 5.74) is 2.08. The van der Waals surface area contributed by atoms with E-state index in [1.54, 1.807) is 12.2 Å². The van der Waals surface area contributed by atoms with E-state index in [0.717, 1.165) is 11.1 Å². The minimum absolute atomic E-state index is 0.0400. The summed E-state index contributed by atoms with van der Waals surface area (Å²) >= 11 is 0. The highest BCUT2D eigenvalue weighted by molar-refractivity contribution is 5.90. The molecule has 0 fully saturated rings. The van der Waals surface area contributed by atoms with Crippen molar-refractivity contribution in [2.24, 2.45) is 16.1 Å². The molecule has 3 aliphatic rings. The Morgan fingerprint density at radius 1 is 1.12 bits per heavy atom. The molecule has 0 aromatic rings. The summed E-state index contributed by atoms with van der Waals surface area (Å²) in [5, 5.41) is 37.2. The molecular formula is C18H18N2O4. The molecule has 0 aromatic carbocycles. The van der Waals surface area contributed by atoms with Crippen molar-refractivity contribution in [3.63, 3.8) is 0 Å². The Bertz CT molecular complexity index is 768. The Balaban J connectivity index is 1.79. The average Bonchev–Trinajstić information content (AvgIpc) is 2.54. The van der Waals surface area contributed by atoms with Gasteiger partial charge in [0, 0.05) is 5.92 Å². The zero-order valence-electron chi connectivity index (χ0n) is 13.1. The number of carboxylic acid groups (broad SMARTS) is 1. The fourth-order valence-corrected chi connectivity index (χ4v) is 2.89. The maximum absolute atomic E-state index is 10.9. The summed E-state index contributed by atoms with van der Waals surface area (Å²) in [4.78, 5) is 10.9. The first kappa shape index (κ1) is 16.1. The molecular weight excluding hydrogens is 308 g/mol. The third-order valence-corrected chi connectivity index (χ3v) is 4.27. The van der Waals surface area contributed by atoms with E-state index in [4.69, 9.17) is 5.11 Å². The zero-order valence-corrected chi connectivity index (χ0v) is 13.1. The van der Waals surface area contributed by atoms with Crippen LogP contribution in [0.5, 0.6) is 0 Å². The Morgan fingerprint density at radius 3 is 2.62 bits per heavy atom. The largest absolute Gasteiger partial charge is 0.508 e. The molecule has 3 rings (SSSR count). The van der Waals surface area contributed by atoms with E-state index >= 15 is 0 Å². The van der Waals surface area contributed by atoms with E-state index in [0.29, 0.717) is 0 Å². The van der Waals surface area contributed by atoms with E-state index in [9.17, 15) is 15.0 Å². The van der Waals surface area contributed by atoms with Crippen LogP contribution in [0.3, 0.4) is 0 Å². The number of fused-ring (bicyclic) bond motifs is 1. The summed E-state index contributed by atoms with van der Waals surface area (Å²) < 4.78 is 0. The van der Waals surface area contributed by atoms with Gasteiger partial charge < -0.3 is 15.3 Å². The zero-order chi connectivity index (χ0) is 17.3. The fourth-order valence-electron chi connectivity index (χ4n) is 2.89. The molecule has 3 N–H and O–H groups in total. The lowest BCUT2D eigenvalue weighted by molar-refractivity contribution is -0.132. The van der Waals surface area contributed by atoms with Crippen LogP contribution in [0.25, 0.3) is 0 Å². The highest BCUT2D eigenvalue weighted by Crippen LogP contribution is 2.34. The van der Waals surface area contributed by atoms with Gasteiger partial charge in [-0.1, -0.05) is 24.3 Å². The SMILES string of the molecule is CC1=CC=C2C=CC(O)=CC2C1N=NC1C=CC(C(=O)O)=CC1O. The molecule has 0 radical (unpaired) electrons. The number of aliphatic hydroxyl groups excluding tert-OH is 2. The smallest absolute Gasteiger partial charge is 0.335 e. The predicted octanol–water partition coefficient (Wildman–Crippen LogP) is 2.63. The van der Waals surface area contributed by atoms with Crippen LogP contribution in [0.4, 0.5) is 0 Å². The molecule has 0 amide bonds. The molecule has 0 saturated heterocycles. The standard InChI is InChI=1S/C18H18N2O4/c1-10-2-3-11-4-6-13(21)9-14(11)17(10)20-19-15-7-5-12(18(23)24)8-16(15)22/h2-9,14-17,21-22H,1H3,(H,23,24). The molecule has 6 heteroatoms. The van der Waals surface area contributed by atoms with Crippen LogP contribution in [0.2, 0.25) is 0 Å². The van der Waals surface area contributed by atoms with Gasteiger partial charge in [-0.15, -0.1) is 0 Å². The first-order valence-corrected chi connectivity index (χ1v) is 7.64. The summed E-state index contributed by atoms with van der Waals surface area (Å²) in [7, 11) is 0. The molecule has 0 heterocycles. The number of rotatable bonds is 3. The minimum Gasteiger partial charge on any atom is -0.508 e. The highest BCUT2D eigenvalue weighted by Gasteiger charge is 2.29. The van der Waals surface area contributed by atoms with Crippen LogP contribution in [0.1, 0.15) is 6.92 Å². The third kappa shape index (κ3) is 3.14. The molecule has 6 nitrogen and oxygen atoms in total. The number of carboxylic acids is 1. The first-order valence-electron chi connectivity index (χ1n) is 7.64. The summed E-state index contributed by atoms with van der Waals surface area (Å²) in [6.07, 6.45) is 12.4. The van der Waals surface area contributed by atoms with E-state index in [1.807, 2.05) is 25.2 Å². The monoisotopic (exact) mass is 326 g/mol. The van der Waals surface area contributed by atoms with Gasteiger partial charge in [0.25, 0.3) is 0 Å². The maximum Gasteiger partial charge on any atom is 0.335 e. The summed E-state index contributed by atoms with van der Waals surface area (Å²) in [5.74, 6) is -0.992. The van der Waals surface area contributed by atoms with Gasteiger partial charge in [-0.3, -0.25) is 0 Å². The van der Waals surface area contributed by atoms with Gasteiger partial charge >= 0.3 is 5.97 Å². The number of nitrogens with zero attached hydrogens (tertiary/aromatic N) is 2. The lowest BCUT2D eigenvalue weighted by Gasteiger charge is -2.28. The molecule has 24 heavy (non-hydrogen) atoms. The normalized spacial score (nSPS) is 31.9. The molecule has 0 aromatic heterocycles. The van der Waals surface area contributed by atoms with E-state index < -0.39 is 18.1 Å². The fraction of sp³-hybridized carbons (Fsp3) is 0.278. The Morgan fingerprint density at radius 2 is 1.92 bits per heavy atom. The highest BCUT2D eigenvalue weighted by atomic mass is 16.4. The molecule has 0 bridgehead atoms. The van der Waals surface area contributed by atoms with Crippen LogP contribution in [-0.4, -0.2) is 39.5 Å². The van der Waals surface area contributed by atoms with Crippen molar-refractivity contribution >= 4 is 5.97 Å². The van der Waals surface area contributed by atoms with Gasteiger partial charge in [0.05, 0.1) is 5.57 Å². The Labute approximate surface area is 139 Å². The number of hydrogen-bond donors (Lipinski definition) is 3. The molecule has 0 saturated carbocycles. The second-order valence-corrected chi connectivity index (χ2v) is 5.97. The average molecular weight is 326 g/mol. The van der Waals surface area contributed by atoms with Crippen LogP contribution in [-0.2, 0) is 4.79 Å². The molecule has 3 aliphatic carbocycles. The topological polar surface area (TPSA) is 102 Å². The number of azo groups is 1. The Hall–Kier alpha value is -2.73. The number of allylic oxidation sites excluding steroid dienone is 4. The van der Waals surface area contributed by atoms with Gasteiger partial charge in [0.15, 0.2) is 0 Å². The number of aliphatic hydroxyl groups is 2. The van der Waals surface area contributed by atoms with Crippen LogP contribution < -0.4 is 0 Å².